The van der Waals surface area contributed by atoms with Crippen LogP contribution < -0.4 is 9.47 Å². The fraction of sp³-hybridized carbons (Fsp3) is 0.250. The fourth-order valence-corrected chi connectivity index (χ4v) is 2.70. The van der Waals surface area contributed by atoms with Gasteiger partial charge in [0.25, 0.3) is 0 Å². The summed E-state index contributed by atoms with van der Waals surface area (Å²) in [5.41, 5.74) is 2.58. The molecule has 1 atom stereocenters. The monoisotopic (exact) mass is 338 g/mol. The Balaban J connectivity index is 2.41. The van der Waals surface area contributed by atoms with Gasteiger partial charge in [-0.2, -0.15) is 0 Å². The van der Waals surface area contributed by atoms with Gasteiger partial charge in [-0.15, -0.1) is 0 Å². The first-order chi connectivity index (χ1) is 9.56. The van der Waals surface area contributed by atoms with E-state index in [0.29, 0.717) is 5.56 Å². The molecule has 0 fully saturated rings. The third-order valence-electron chi connectivity index (χ3n) is 3.19. The number of rotatable bonds is 4. The molecule has 0 saturated heterocycles. The molecule has 2 nitrogen and oxygen atoms in total. The lowest BCUT2D eigenvalue weighted by molar-refractivity contribution is 0.391. The van der Waals surface area contributed by atoms with Crippen LogP contribution in [0.15, 0.2) is 36.4 Å². The molecule has 2 aromatic rings. The quantitative estimate of drug-likeness (QED) is 0.756. The predicted octanol–water partition coefficient (Wildman–Crippen LogP) is 4.64. The second-order valence-corrected chi connectivity index (χ2v) is 5.39. The van der Waals surface area contributed by atoms with E-state index in [-0.39, 0.29) is 10.6 Å². The second-order valence-electron chi connectivity index (χ2n) is 4.48. The minimum absolute atomic E-state index is 0.0670. The number of alkyl halides is 1. The van der Waals surface area contributed by atoms with Gasteiger partial charge in [0.1, 0.15) is 17.3 Å². The van der Waals surface area contributed by atoms with Crippen LogP contribution in [-0.2, 0) is 0 Å². The Morgan fingerprint density at radius 3 is 2.40 bits per heavy atom. The first-order valence-electron chi connectivity index (χ1n) is 6.19. The Morgan fingerprint density at radius 2 is 1.80 bits per heavy atom. The molecule has 0 heterocycles. The highest BCUT2D eigenvalue weighted by atomic mass is 79.9. The predicted molar refractivity (Wildman–Crippen MR) is 81.5 cm³/mol. The smallest absolute Gasteiger partial charge is 0.127 e. The molecular weight excluding hydrogens is 323 g/mol. The van der Waals surface area contributed by atoms with Gasteiger partial charge in [-0.25, -0.2) is 4.39 Å². The van der Waals surface area contributed by atoms with Crippen LogP contribution >= 0.6 is 15.9 Å². The molecule has 2 rings (SSSR count). The number of hydrogen-bond acceptors (Lipinski definition) is 2. The summed E-state index contributed by atoms with van der Waals surface area (Å²) in [7, 11) is 3.23. The van der Waals surface area contributed by atoms with Gasteiger partial charge in [0.05, 0.1) is 19.0 Å². The first-order valence-corrected chi connectivity index (χ1v) is 7.10. The average molecular weight is 339 g/mol. The van der Waals surface area contributed by atoms with Crippen LogP contribution in [0.4, 0.5) is 4.39 Å². The molecule has 0 aliphatic carbocycles. The summed E-state index contributed by atoms with van der Waals surface area (Å²) >= 11 is 3.65. The number of halogens is 2. The SMILES string of the molecule is COc1ccc(C(Br)c2ccc(F)c(C)c2)c(OC)c1. The molecule has 0 aromatic heterocycles. The summed E-state index contributed by atoms with van der Waals surface area (Å²) in [5.74, 6) is 1.27. The Morgan fingerprint density at radius 1 is 1.05 bits per heavy atom. The van der Waals surface area contributed by atoms with Gasteiger partial charge in [-0.05, 0) is 30.2 Å². The highest BCUT2D eigenvalue weighted by molar-refractivity contribution is 9.09. The zero-order valence-corrected chi connectivity index (χ0v) is 13.2. The van der Waals surface area contributed by atoms with Gasteiger partial charge in [-0.1, -0.05) is 34.1 Å². The Kier molecular flexibility index (Phi) is 4.65. The number of benzene rings is 2. The van der Waals surface area contributed by atoms with Gasteiger partial charge in [0.2, 0.25) is 0 Å². The topological polar surface area (TPSA) is 18.5 Å². The highest BCUT2D eigenvalue weighted by Crippen LogP contribution is 2.38. The van der Waals surface area contributed by atoms with Crippen LogP contribution in [0.3, 0.4) is 0 Å². The first kappa shape index (κ1) is 14.9. The van der Waals surface area contributed by atoms with E-state index in [0.717, 1.165) is 22.6 Å². The maximum atomic E-state index is 13.4. The van der Waals surface area contributed by atoms with Crippen LogP contribution in [0.2, 0.25) is 0 Å². The third kappa shape index (κ3) is 2.96. The van der Waals surface area contributed by atoms with Crippen molar-refractivity contribution in [1.29, 1.82) is 0 Å². The number of ether oxygens (including phenoxy) is 2. The van der Waals surface area contributed by atoms with Crippen molar-refractivity contribution >= 4 is 15.9 Å². The van der Waals surface area contributed by atoms with Crippen molar-refractivity contribution < 1.29 is 13.9 Å². The lowest BCUT2D eigenvalue weighted by Crippen LogP contribution is -1.99. The zero-order valence-electron chi connectivity index (χ0n) is 11.6. The van der Waals surface area contributed by atoms with Gasteiger partial charge in [0, 0.05) is 11.6 Å². The van der Waals surface area contributed by atoms with E-state index < -0.39 is 0 Å². The molecule has 0 radical (unpaired) electrons. The van der Waals surface area contributed by atoms with E-state index in [1.54, 1.807) is 27.2 Å². The van der Waals surface area contributed by atoms with Gasteiger partial charge in [-0.3, -0.25) is 0 Å². The van der Waals surface area contributed by atoms with E-state index in [1.165, 1.54) is 6.07 Å². The third-order valence-corrected chi connectivity index (χ3v) is 4.21. The van der Waals surface area contributed by atoms with Crippen molar-refractivity contribution in [1.82, 2.24) is 0 Å². The van der Waals surface area contributed by atoms with Gasteiger partial charge in [0.15, 0.2) is 0 Å². The minimum atomic E-state index is -0.199. The molecule has 0 aliphatic rings. The van der Waals surface area contributed by atoms with Crippen molar-refractivity contribution in [2.24, 2.45) is 0 Å². The highest BCUT2D eigenvalue weighted by Gasteiger charge is 2.16. The van der Waals surface area contributed by atoms with Crippen molar-refractivity contribution in [2.75, 3.05) is 14.2 Å². The maximum Gasteiger partial charge on any atom is 0.127 e. The second kappa shape index (κ2) is 6.27. The van der Waals surface area contributed by atoms with Crippen LogP contribution in [-0.4, -0.2) is 14.2 Å². The number of hydrogen-bond donors (Lipinski definition) is 0. The average Bonchev–Trinajstić information content (AvgIpc) is 2.48. The van der Waals surface area contributed by atoms with E-state index in [4.69, 9.17) is 9.47 Å². The van der Waals surface area contributed by atoms with Crippen LogP contribution in [0, 0.1) is 12.7 Å². The Hall–Kier alpha value is -1.55. The van der Waals surface area contributed by atoms with Crippen molar-refractivity contribution in [3.05, 3.63) is 58.9 Å². The van der Waals surface area contributed by atoms with E-state index in [1.807, 2.05) is 24.3 Å². The summed E-state index contributed by atoms with van der Waals surface area (Å²) in [4.78, 5) is -0.0670. The molecule has 0 amide bonds. The molecule has 20 heavy (non-hydrogen) atoms. The largest absolute Gasteiger partial charge is 0.497 e. The van der Waals surface area contributed by atoms with Crippen LogP contribution in [0.1, 0.15) is 21.5 Å². The summed E-state index contributed by atoms with van der Waals surface area (Å²) in [5, 5.41) is 0. The molecule has 2 aromatic carbocycles. The minimum Gasteiger partial charge on any atom is -0.497 e. The fourth-order valence-electron chi connectivity index (χ4n) is 2.03. The van der Waals surface area contributed by atoms with Crippen LogP contribution in [0.5, 0.6) is 11.5 Å². The molecule has 106 valence electrons. The van der Waals surface area contributed by atoms with Crippen LogP contribution in [0.25, 0.3) is 0 Å². The molecule has 4 heteroatoms. The van der Waals surface area contributed by atoms with Gasteiger partial charge < -0.3 is 9.47 Å². The van der Waals surface area contributed by atoms with Crippen molar-refractivity contribution in [3.8, 4) is 11.5 Å². The van der Waals surface area contributed by atoms with Crippen molar-refractivity contribution in [2.45, 2.75) is 11.8 Å². The normalized spacial score (nSPS) is 12.1. The Labute approximate surface area is 126 Å². The van der Waals surface area contributed by atoms with E-state index in [2.05, 4.69) is 15.9 Å². The van der Waals surface area contributed by atoms with Crippen molar-refractivity contribution in [3.63, 3.8) is 0 Å². The number of aryl methyl sites for hydroxylation is 1. The summed E-state index contributed by atoms with van der Waals surface area (Å²) < 4.78 is 23.9. The molecule has 0 saturated carbocycles. The lowest BCUT2D eigenvalue weighted by atomic mass is 10.0. The summed E-state index contributed by atoms with van der Waals surface area (Å²) in [6, 6.07) is 10.7. The summed E-state index contributed by atoms with van der Waals surface area (Å²) in [6.45, 7) is 1.75. The molecule has 0 N–H and O–H groups in total. The maximum absolute atomic E-state index is 13.4. The molecule has 0 aliphatic heterocycles. The molecule has 0 bridgehead atoms. The molecule has 1 unspecified atom stereocenters. The van der Waals surface area contributed by atoms with E-state index in [9.17, 15) is 4.39 Å². The molecular formula is C16H16BrFO2. The standard InChI is InChI=1S/C16H16BrFO2/c1-10-8-11(4-7-14(10)18)16(17)13-6-5-12(19-2)9-15(13)20-3/h4-9,16H,1-3H3. The zero-order chi connectivity index (χ0) is 14.7. The van der Waals surface area contributed by atoms with E-state index >= 15 is 0 Å². The van der Waals surface area contributed by atoms with Gasteiger partial charge >= 0.3 is 0 Å². The molecule has 0 spiro atoms. The summed E-state index contributed by atoms with van der Waals surface area (Å²) in [6.07, 6.45) is 0. The lowest BCUT2D eigenvalue weighted by Gasteiger charge is -2.16. The number of methoxy groups -OCH3 is 2. The Bertz CT molecular complexity index is 613.